The summed E-state index contributed by atoms with van der Waals surface area (Å²) in [5.74, 6) is 0.521. The Kier molecular flexibility index (Phi) is 6.88. The molecule has 0 bridgehead atoms. The van der Waals surface area contributed by atoms with Crippen LogP contribution in [0.15, 0.2) is 47.2 Å². The highest BCUT2D eigenvalue weighted by Gasteiger charge is 2.55. The largest absolute Gasteiger partial charge is 0.573 e. The summed E-state index contributed by atoms with van der Waals surface area (Å²) in [5.41, 5.74) is -0.818. The number of aromatic nitrogens is 3. The van der Waals surface area contributed by atoms with Crippen molar-refractivity contribution in [2.24, 2.45) is 5.41 Å². The monoisotopic (exact) mass is 545 g/mol. The number of piperidine rings is 1. The Labute approximate surface area is 223 Å². The van der Waals surface area contributed by atoms with Gasteiger partial charge in [0.05, 0.1) is 0 Å². The number of nitrogens with zero attached hydrogens (tertiary/aromatic N) is 5. The summed E-state index contributed by atoms with van der Waals surface area (Å²) in [6.45, 7) is 5.85. The Bertz CT molecular complexity index is 1330. The molecule has 0 aliphatic carbocycles. The summed E-state index contributed by atoms with van der Waals surface area (Å²) in [4.78, 5) is 24.4. The highest BCUT2D eigenvalue weighted by Crippen LogP contribution is 2.50. The smallest absolute Gasteiger partial charge is 0.406 e. The molecule has 2 fully saturated rings. The fraction of sp³-hybridized carbons (Fsp3) is 0.481. The third kappa shape index (κ3) is 5.22. The number of likely N-dealkylation sites (tertiary alicyclic amines) is 2. The van der Waals surface area contributed by atoms with E-state index in [2.05, 4.69) is 19.9 Å². The van der Waals surface area contributed by atoms with Gasteiger partial charge in [0.25, 0.3) is 0 Å². The summed E-state index contributed by atoms with van der Waals surface area (Å²) in [7, 11) is 1.93. The fourth-order valence-electron chi connectivity index (χ4n) is 5.86. The number of ether oxygens (including phenoxy) is 1. The Morgan fingerprint density at radius 3 is 2.38 bits per heavy atom. The second-order valence-electron chi connectivity index (χ2n) is 10.7. The van der Waals surface area contributed by atoms with E-state index in [1.165, 1.54) is 24.3 Å². The quantitative estimate of drug-likeness (QED) is 0.497. The number of alkyl halides is 3. The molecule has 9 nitrogen and oxygen atoms in total. The number of amides is 1. The van der Waals surface area contributed by atoms with Crippen LogP contribution in [0, 0.1) is 5.41 Å². The number of carbonyl (C=O) groups is 1. The van der Waals surface area contributed by atoms with E-state index in [-0.39, 0.29) is 17.6 Å². The molecule has 1 unspecified atom stereocenters. The zero-order valence-electron chi connectivity index (χ0n) is 21.9. The lowest BCUT2D eigenvalue weighted by molar-refractivity contribution is -0.274. The lowest BCUT2D eigenvalue weighted by Gasteiger charge is -2.55. The van der Waals surface area contributed by atoms with E-state index in [0.717, 1.165) is 12.8 Å². The first kappa shape index (κ1) is 27.1. The molecule has 2 aromatic heterocycles. The van der Waals surface area contributed by atoms with E-state index in [0.29, 0.717) is 54.6 Å². The van der Waals surface area contributed by atoms with Crippen molar-refractivity contribution in [3.63, 3.8) is 0 Å². The van der Waals surface area contributed by atoms with Crippen molar-refractivity contribution in [1.29, 1.82) is 0 Å². The Balaban J connectivity index is 1.45. The van der Waals surface area contributed by atoms with Crippen LogP contribution in [-0.4, -0.2) is 75.5 Å². The molecule has 1 aromatic carbocycles. The Morgan fingerprint density at radius 1 is 1.13 bits per heavy atom. The Morgan fingerprint density at radius 2 is 1.79 bits per heavy atom. The van der Waals surface area contributed by atoms with Crippen molar-refractivity contribution in [2.45, 2.75) is 44.6 Å². The number of rotatable bonds is 6. The topological polar surface area (TPSA) is 105 Å². The summed E-state index contributed by atoms with van der Waals surface area (Å²) in [6.07, 6.45) is -0.247. The van der Waals surface area contributed by atoms with Gasteiger partial charge in [0.2, 0.25) is 17.6 Å². The van der Waals surface area contributed by atoms with E-state index in [1.807, 2.05) is 18.9 Å². The molecular formula is C27H30F3N5O4. The van der Waals surface area contributed by atoms with E-state index >= 15 is 0 Å². The number of halogens is 3. The highest BCUT2D eigenvalue weighted by molar-refractivity contribution is 5.73. The minimum absolute atomic E-state index is 0.0387. The van der Waals surface area contributed by atoms with Crippen molar-refractivity contribution >= 4 is 5.91 Å². The molecule has 4 heterocycles. The van der Waals surface area contributed by atoms with Crippen LogP contribution >= 0.6 is 0 Å². The molecule has 0 spiro atoms. The first-order valence-electron chi connectivity index (χ1n) is 12.7. The van der Waals surface area contributed by atoms with Crippen LogP contribution in [0.25, 0.3) is 11.4 Å². The lowest BCUT2D eigenvalue weighted by Crippen LogP contribution is -2.63. The minimum atomic E-state index is -4.81. The van der Waals surface area contributed by atoms with Crippen LogP contribution < -0.4 is 4.74 Å². The zero-order valence-corrected chi connectivity index (χ0v) is 21.9. The first-order chi connectivity index (χ1) is 18.4. The Hall–Kier alpha value is -3.51. The third-order valence-corrected chi connectivity index (χ3v) is 7.76. The van der Waals surface area contributed by atoms with Crippen LogP contribution in [0.2, 0.25) is 0 Å². The molecule has 2 saturated heterocycles. The molecule has 39 heavy (non-hydrogen) atoms. The third-order valence-electron chi connectivity index (χ3n) is 7.76. The average molecular weight is 546 g/mol. The predicted molar refractivity (Wildman–Crippen MR) is 133 cm³/mol. The summed E-state index contributed by atoms with van der Waals surface area (Å²) >= 11 is 0. The van der Waals surface area contributed by atoms with Gasteiger partial charge in [-0.3, -0.25) is 9.78 Å². The molecule has 1 N–H and O–H groups in total. The predicted octanol–water partition coefficient (Wildman–Crippen LogP) is 3.94. The molecular weight excluding hydrogens is 515 g/mol. The molecule has 3 aromatic rings. The van der Waals surface area contributed by atoms with Crippen molar-refractivity contribution < 1.29 is 32.3 Å². The second-order valence-corrected chi connectivity index (χ2v) is 10.7. The molecule has 0 radical (unpaired) electrons. The van der Waals surface area contributed by atoms with Gasteiger partial charge < -0.3 is 24.2 Å². The van der Waals surface area contributed by atoms with Crippen molar-refractivity contribution in [3.8, 4) is 17.1 Å². The molecule has 5 rings (SSSR count). The molecule has 0 saturated carbocycles. The van der Waals surface area contributed by atoms with Crippen LogP contribution in [0.4, 0.5) is 13.2 Å². The van der Waals surface area contributed by atoms with E-state index < -0.39 is 17.4 Å². The van der Waals surface area contributed by atoms with Crippen LogP contribution in [0.5, 0.6) is 5.75 Å². The fourth-order valence-corrected chi connectivity index (χ4v) is 5.86. The number of aliphatic hydroxyl groups is 1. The van der Waals surface area contributed by atoms with Crippen LogP contribution in [-0.2, 0) is 10.4 Å². The van der Waals surface area contributed by atoms with Gasteiger partial charge in [-0.05, 0) is 43.7 Å². The van der Waals surface area contributed by atoms with Crippen molar-refractivity contribution in [3.05, 3.63) is 59.7 Å². The number of hydrogen-bond donors (Lipinski definition) is 1. The lowest BCUT2D eigenvalue weighted by atomic mass is 9.62. The SMILES string of the molecule is CC(=O)N1CCC(c2nc(-c3cncc(C(O)(c4ccc(OC(F)(F)F)cc4)C4(C)CN(C)C4)c3)no2)CC1. The maximum Gasteiger partial charge on any atom is 0.573 e. The molecule has 12 heteroatoms. The second kappa shape index (κ2) is 9.91. The van der Waals surface area contributed by atoms with Crippen LogP contribution in [0.3, 0.4) is 0 Å². The zero-order chi connectivity index (χ0) is 28.0. The van der Waals surface area contributed by atoms with Crippen molar-refractivity contribution in [1.82, 2.24) is 24.9 Å². The van der Waals surface area contributed by atoms with Gasteiger partial charge in [0, 0.05) is 68.0 Å². The molecule has 2 aliphatic heterocycles. The van der Waals surface area contributed by atoms with Gasteiger partial charge >= 0.3 is 6.36 Å². The summed E-state index contributed by atoms with van der Waals surface area (Å²) in [5, 5.41) is 16.4. The average Bonchev–Trinajstić information content (AvgIpc) is 3.37. The number of hydrogen-bond acceptors (Lipinski definition) is 8. The van der Waals surface area contributed by atoms with Crippen LogP contribution in [0.1, 0.15) is 49.6 Å². The molecule has 2 aliphatic rings. The van der Waals surface area contributed by atoms with Gasteiger partial charge in [-0.2, -0.15) is 4.98 Å². The van der Waals surface area contributed by atoms with E-state index in [1.54, 1.807) is 30.3 Å². The highest BCUT2D eigenvalue weighted by atomic mass is 19.4. The summed E-state index contributed by atoms with van der Waals surface area (Å²) < 4.78 is 47.7. The van der Waals surface area contributed by atoms with Gasteiger partial charge in [0.15, 0.2) is 0 Å². The van der Waals surface area contributed by atoms with Gasteiger partial charge in [0.1, 0.15) is 11.4 Å². The summed E-state index contributed by atoms with van der Waals surface area (Å²) in [6, 6.07) is 7.01. The van der Waals surface area contributed by atoms with E-state index in [9.17, 15) is 23.1 Å². The molecule has 208 valence electrons. The van der Waals surface area contributed by atoms with Gasteiger partial charge in [-0.25, -0.2) is 0 Å². The van der Waals surface area contributed by atoms with E-state index in [4.69, 9.17) is 4.52 Å². The maximum absolute atomic E-state index is 12.7. The first-order valence-corrected chi connectivity index (χ1v) is 12.7. The normalized spacial score (nSPS) is 19.8. The van der Waals surface area contributed by atoms with Gasteiger partial charge in [-0.1, -0.05) is 24.2 Å². The molecule has 1 atom stereocenters. The molecule has 1 amide bonds. The van der Waals surface area contributed by atoms with Crippen molar-refractivity contribution in [2.75, 3.05) is 33.2 Å². The van der Waals surface area contributed by atoms with Gasteiger partial charge in [-0.15, -0.1) is 13.2 Å². The number of pyridine rings is 1. The minimum Gasteiger partial charge on any atom is -0.406 e. The standard InChI is InChI=1S/C27H30F3N5O4/c1-17(36)35-10-8-18(9-11-35)24-32-23(33-39-24)19-12-21(14-31-13-19)26(37,25(2)15-34(3)16-25)20-4-6-22(7-5-20)38-27(28,29)30/h4-7,12-14,18,37H,8-11,15-16H2,1-3H3. The maximum atomic E-state index is 12.7. The number of benzene rings is 1. The number of carbonyl (C=O) groups excluding carboxylic acids is 1.